The number of nitrogens with one attached hydrogen (secondary N) is 1. The first kappa shape index (κ1) is 15.3. The Kier molecular flexibility index (Phi) is 4.76. The second-order valence-corrected chi connectivity index (χ2v) is 5.72. The van der Waals surface area contributed by atoms with Crippen LogP contribution in [0.1, 0.15) is 12.0 Å². The van der Waals surface area contributed by atoms with Crippen molar-refractivity contribution in [1.29, 1.82) is 0 Å². The molecule has 1 atom stereocenters. The Balaban J connectivity index is 1.53. The zero-order valence-electron chi connectivity index (χ0n) is 13.2. The number of hydrogen-bond acceptors (Lipinski definition) is 4. The van der Waals surface area contributed by atoms with E-state index in [1.807, 2.05) is 42.5 Å². The number of pyridine rings is 1. The van der Waals surface area contributed by atoms with E-state index in [1.165, 1.54) is 0 Å². The van der Waals surface area contributed by atoms with Crippen molar-refractivity contribution in [3.8, 4) is 5.75 Å². The van der Waals surface area contributed by atoms with Crippen LogP contribution in [0.15, 0.2) is 48.7 Å². The largest absolute Gasteiger partial charge is 0.497 e. The number of benzene rings is 1. The van der Waals surface area contributed by atoms with Gasteiger partial charge in [0.1, 0.15) is 11.6 Å². The lowest BCUT2D eigenvalue weighted by Gasteiger charge is -2.17. The highest BCUT2D eigenvalue weighted by Gasteiger charge is 2.24. The quantitative estimate of drug-likeness (QED) is 0.918. The highest BCUT2D eigenvalue weighted by Crippen LogP contribution is 2.18. The Bertz CT molecular complexity index is 660. The number of hydrogen-bond donors (Lipinski definition) is 1. The van der Waals surface area contributed by atoms with E-state index in [1.54, 1.807) is 13.3 Å². The lowest BCUT2D eigenvalue weighted by atomic mass is 10.1. The van der Waals surface area contributed by atoms with Crippen LogP contribution in [0, 0.1) is 0 Å². The molecule has 1 N–H and O–H groups in total. The summed E-state index contributed by atoms with van der Waals surface area (Å²) < 4.78 is 5.19. The van der Waals surface area contributed by atoms with Crippen LogP contribution in [0.5, 0.6) is 5.75 Å². The number of aromatic nitrogens is 1. The molecule has 1 amide bonds. The molecule has 0 radical (unpaired) electrons. The molecule has 120 valence electrons. The third-order valence-corrected chi connectivity index (χ3v) is 4.03. The Morgan fingerprint density at radius 1 is 1.35 bits per heavy atom. The number of nitrogens with zero attached hydrogens (tertiary/aromatic N) is 2. The van der Waals surface area contributed by atoms with Gasteiger partial charge >= 0.3 is 0 Å². The fraction of sp³-hybridized carbons (Fsp3) is 0.333. The lowest BCUT2D eigenvalue weighted by molar-refractivity contribution is -0.121. The summed E-state index contributed by atoms with van der Waals surface area (Å²) in [6, 6.07) is 13.7. The van der Waals surface area contributed by atoms with E-state index >= 15 is 0 Å². The maximum absolute atomic E-state index is 12.2. The SMILES string of the molecule is COc1cccc(CC(=O)NC2CCN(c3ccccn3)C2)c1. The normalized spacial score (nSPS) is 17.1. The maximum Gasteiger partial charge on any atom is 0.224 e. The van der Waals surface area contributed by atoms with Crippen LogP contribution in [0.25, 0.3) is 0 Å². The minimum Gasteiger partial charge on any atom is -0.497 e. The van der Waals surface area contributed by atoms with E-state index in [-0.39, 0.29) is 11.9 Å². The molecule has 1 aromatic carbocycles. The van der Waals surface area contributed by atoms with Gasteiger partial charge in [-0.25, -0.2) is 4.98 Å². The molecule has 2 heterocycles. The smallest absolute Gasteiger partial charge is 0.224 e. The van der Waals surface area contributed by atoms with Crippen molar-refractivity contribution in [2.45, 2.75) is 18.9 Å². The molecule has 2 aromatic rings. The summed E-state index contributed by atoms with van der Waals surface area (Å²) in [4.78, 5) is 18.8. The fourth-order valence-electron chi connectivity index (χ4n) is 2.87. The Morgan fingerprint density at radius 3 is 3.04 bits per heavy atom. The molecule has 0 saturated carbocycles. The first-order valence-electron chi connectivity index (χ1n) is 7.83. The summed E-state index contributed by atoms with van der Waals surface area (Å²) in [5.41, 5.74) is 0.960. The molecule has 5 heteroatoms. The van der Waals surface area contributed by atoms with Gasteiger partial charge in [-0.1, -0.05) is 18.2 Å². The van der Waals surface area contributed by atoms with Crippen LogP contribution < -0.4 is 15.0 Å². The Labute approximate surface area is 136 Å². The van der Waals surface area contributed by atoms with Gasteiger partial charge in [-0.05, 0) is 36.2 Å². The number of anilines is 1. The van der Waals surface area contributed by atoms with E-state index in [0.717, 1.165) is 36.6 Å². The number of methoxy groups -OCH3 is 1. The fourth-order valence-corrected chi connectivity index (χ4v) is 2.87. The van der Waals surface area contributed by atoms with Gasteiger partial charge in [0.15, 0.2) is 0 Å². The van der Waals surface area contributed by atoms with Crippen molar-refractivity contribution >= 4 is 11.7 Å². The second-order valence-electron chi connectivity index (χ2n) is 5.72. The van der Waals surface area contributed by atoms with Crippen LogP contribution in [-0.2, 0) is 11.2 Å². The van der Waals surface area contributed by atoms with Crippen LogP contribution in [-0.4, -0.2) is 37.1 Å². The average molecular weight is 311 g/mol. The molecular weight excluding hydrogens is 290 g/mol. The number of rotatable bonds is 5. The first-order chi connectivity index (χ1) is 11.2. The molecular formula is C18H21N3O2. The minimum absolute atomic E-state index is 0.0473. The van der Waals surface area contributed by atoms with Gasteiger partial charge < -0.3 is 15.0 Å². The van der Waals surface area contributed by atoms with Crippen molar-refractivity contribution in [3.63, 3.8) is 0 Å². The van der Waals surface area contributed by atoms with Gasteiger partial charge in [0.2, 0.25) is 5.91 Å². The second kappa shape index (κ2) is 7.13. The lowest BCUT2D eigenvalue weighted by Crippen LogP contribution is -2.38. The molecule has 0 spiro atoms. The molecule has 1 fully saturated rings. The highest BCUT2D eigenvalue weighted by molar-refractivity contribution is 5.79. The van der Waals surface area contributed by atoms with Gasteiger partial charge in [0, 0.05) is 25.3 Å². The van der Waals surface area contributed by atoms with E-state index in [0.29, 0.717) is 6.42 Å². The van der Waals surface area contributed by atoms with Gasteiger partial charge in [0.25, 0.3) is 0 Å². The van der Waals surface area contributed by atoms with Gasteiger partial charge in [-0.3, -0.25) is 4.79 Å². The molecule has 5 nitrogen and oxygen atoms in total. The zero-order valence-corrected chi connectivity index (χ0v) is 13.2. The van der Waals surface area contributed by atoms with Crippen molar-refractivity contribution in [3.05, 3.63) is 54.2 Å². The molecule has 1 aliphatic rings. The van der Waals surface area contributed by atoms with Crippen LogP contribution in [0.3, 0.4) is 0 Å². The topological polar surface area (TPSA) is 54.5 Å². The summed E-state index contributed by atoms with van der Waals surface area (Å²) in [6.07, 6.45) is 3.11. The Morgan fingerprint density at radius 2 is 2.26 bits per heavy atom. The average Bonchev–Trinajstić information content (AvgIpc) is 3.04. The molecule has 1 aliphatic heterocycles. The van der Waals surface area contributed by atoms with Crippen molar-refractivity contribution < 1.29 is 9.53 Å². The Hall–Kier alpha value is -2.56. The first-order valence-corrected chi connectivity index (χ1v) is 7.83. The van der Waals surface area contributed by atoms with Crippen LogP contribution in [0.2, 0.25) is 0 Å². The standard InChI is InChI=1S/C18H21N3O2/c1-23-16-6-4-5-14(11-16)12-18(22)20-15-8-10-21(13-15)17-7-2-3-9-19-17/h2-7,9,11,15H,8,10,12-13H2,1H3,(H,20,22). The molecule has 1 aromatic heterocycles. The summed E-state index contributed by atoms with van der Waals surface area (Å²) in [5.74, 6) is 1.79. The van der Waals surface area contributed by atoms with Gasteiger partial charge in [-0.2, -0.15) is 0 Å². The summed E-state index contributed by atoms with van der Waals surface area (Å²) >= 11 is 0. The third-order valence-electron chi connectivity index (χ3n) is 4.03. The number of amides is 1. The van der Waals surface area contributed by atoms with Crippen molar-refractivity contribution in [1.82, 2.24) is 10.3 Å². The third kappa shape index (κ3) is 4.00. The van der Waals surface area contributed by atoms with Crippen molar-refractivity contribution in [2.75, 3.05) is 25.1 Å². The van der Waals surface area contributed by atoms with Gasteiger partial charge in [0.05, 0.1) is 13.5 Å². The molecule has 1 unspecified atom stereocenters. The number of ether oxygens (including phenoxy) is 1. The number of carbonyl (C=O) groups is 1. The van der Waals surface area contributed by atoms with E-state index in [9.17, 15) is 4.79 Å². The summed E-state index contributed by atoms with van der Waals surface area (Å²) in [7, 11) is 1.63. The summed E-state index contributed by atoms with van der Waals surface area (Å²) in [5, 5.41) is 3.12. The summed E-state index contributed by atoms with van der Waals surface area (Å²) in [6.45, 7) is 1.72. The van der Waals surface area contributed by atoms with Crippen LogP contribution in [0.4, 0.5) is 5.82 Å². The predicted octanol–water partition coefficient (Wildman–Crippen LogP) is 2.03. The predicted molar refractivity (Wildman–Crippen MR) is 89.7 cm³/mol. The molecule has 1 saturated heterocycles. The van der Waals surface area contributed by atoms with Gasteiger partial charge in [-0.15, -0.1) is 0 Å². The molecule has 0 aliphatic carbocycles. The molecule has 0 bridgehead atoms. The highest BCUT2D eigenvalue weighted by atomic mass is 16.5. The van der Waals surface area contributed by atoms with E-state index in [2.05, 4.69) is 15.2 Å². The minimum atomic E-state index is 0.0473. The maximum atomic E-state index is 12.2. The molecule has 23 heavy (non-hydrogen) atoms. The number of carbonyl (C=O) groups excluding carboxylic acids is 1. The van der Waals surface area contributed by atoms with Crippen LogP contribution >= 0.6 is 0 Å². The zero-order chi connectivity index (χ0) is 16.1. The van der Waals surface area contributed by atoms with E-state index in [4.69, 9.17) is 4.74 Å². The molecule has 3 rings (SSSR count). The monoisotopic (exact) mass is 311 g/mol. The van der Waals surface area contributed by atoms with E-state index < -0.39 is 0 Å². The van der Waals surface area contributed by atoms with Crippen molar-refractivity contribution in [2.24, 2.45) is 0 Å².